The zero-order valence-electron chi connectivity index (χ0n) is 14.0. The van der Waals surface area contributed by atoms with E-state index in [0.29, 0.717) is 5.56 Å². The number of benzene rings is 1. The summed E-state index contributed by atoms with van der Waals surface area (Å²) in [7, 11) is -1.36. The predicted octanol–water partition coefficient (Wildman–Crippen LogP) is 3.15. The van der Waals surface area contributed by atoms with E-state index in [-0.39, 0.29) is 23.0 Å². The third-order valence-corrected chi connectivity index (χ3v) is 3.84. The molecule has 23 heavy (non-hydrogen) atoms. The molecule has 1 N–H and O–H groups in total. The summed E-state index contributed by atoms with van der Waals surface area (Å²) in [5.74, 6) is -1.25. The molecule has 1 atom stereocenters. The molecule has 0 aliphatic carbocycles. The fourth-order valence-electron chi connectivity index (χ4n) is 2.16. The number of nitrogens with zero attached hydrogens (tertiary/aromatic N) is 1. The van der Waals surface area contributed by atoms with Gasteiger partial charge in [0, 0.05) is 6.07 Å². The molecule has 0 saturated heterocycles. The highest BCUT2D eigenvalue weighted by Crippen LogP contribution is 2.39. The van der Waals surface area contributed by atoms with Gasteiger partial charge in [0.25, 0.3) is 0 Å². The lowest BCUT2D eigenvalue weighted by molar-refractivity contribution is -0.385. The summed E-state index contributed by atoms with van der Waals surface area (Å²) in [6, 6.07) is 4.53. The van der Waals surface area contributed by atoms with Crippen molar-refractivity contribution in [3.63, 3.8) is 0 Å². The second-order valence-corrected chi connectivity index (χ2v) is 8.97. The van der Waals surface area contributed by atoms with Crippen molar-refractivity contribution in [3.05, 3.63) is 33.9 Å². The monoisotopic (exact) mass is 341 g/mol. The van der Waals surface area contributed by atoms with E-state index in [1.807, 2.05) is 33.9 Å². The summed E-state index contributed by atoms with van der Waals surface area (Å²) in [6.45, 7) is 9.48. The smallest absolute Gasteiger partial charge is 0.341 e. The summed E-state index contributed by atoms with van der Waals surface area (Å²) in [4.78, 5) is 21.3. The summed E-state index contributed by atoms with van der Waals surface area (Å²) < 4.78 is 11.0. The third-order valence-electron chi connectivity index (χ3n) is 3.03. The van der Waals surface area contributed by atoms with Gasteiger partial charge in [-0.15, -0.1) is 0 Å². The van der Waals surface area contributed by atoms with Crippen molar-refractivity contribution >= 4 is 20.7 Å². The van der Waals surface area contributed by atoms with E-state index >= 15 is 0 Å². The van der Waals surface area contributed by atoms with Gasteiger partial charge in [-0.2, -0.15) is 0 Å². The van der Waals surface area contributed by atoms with Crippen molar-refractivity contribution < 1.29 is 24.0 Å². The van der Waals surface area contributed by atoms with Crippen LogP contribution in [0.5, 0.6) is 5.75 Å². The van der Waals surface area contributed by atoms with Gasteiger partial charge in [-0.1, -0.05) is 26.8 Å². The quantitative estimate of drug-likeness (QED) is 0.465. The lowest BCUT2D eigenvalue weighted by atomic mass is 9.84. The van der Waals surface area contributed by atoms with Crippen LogP contribution in [0.15, 0.2) is 18.2 Å². The number of carbonyl (C=O) groups is 1. The van der Waals surface area contributed by atoms with Gasteiger partial charge in [0.1, 0.15) is 0 Å². The molecule has 0 spiro atoms. The van der Waals surface area contributed by atoms with Crippen molar-refractivity contribution in [2.24, 2.45) is 5.41 Å². The van der Waals surface area contributed by atoms with Crippen LogP contribution in [0.2, 0.25) is 13.1 Å². The first-order valence-corrected chi connectivity index (χ1v) is 10.1. The van der Waals surface area contributed by atoms with Gasteiger partial charge in [0.2, 0.25) is 0 Å². The van der Waals surface area contributed by atoms with Crippen LogP contribution in [0, 0.1) is 15.5 Å². The molecule has 0 aromatic heterocycles. The van der Waals surface area contributed by atoms with Crippen LogP contribution in [0.1, 0.15) is 32.4 Å². The molecule has 0 amide bonds. The molecule has 1 aromatic rings. The van der Waals surface area contributed by atoms with E-state index < -0.39 is 26.5 Å². The highest BCUT2D eigenvalue weighted by molar-refractivity contribution is 6.48. The summed E-state index contributed by atoms with van der Waals surface area (Å²) in [6.07, 6.45) is -0.276. The van der Waals surface area contributed by atoms with Gasteiger partial charge in [0.15, 0.2) is 21.4 Å². The van der Waals surface area contributed by atoms with E-state index in [2.05, 4.69) is 0 Å². The van der Waals surface area contributed by atoms with Gasteiger partial charge < -0.3 is 14.3 Å². The van der Waals surface area contributed by atoms with E-state index in [4.69, 9.17) is 14.3 Å². The maximum Gasteiger partial charge on any atom is 0.341 e. The average Bonchev–Trinajstić information content (AvgIpc) is 2.41. The van der Waals surface area contributed by atoms with Crippen molar-refractivity contribution in [2.45, 2.75) is 40.0 Å². The van der Waals surface area contributed by atoms with Gasteiger partial charge in [-0.25, -0.2) is 4.79 Å². The number of aliphatic carboxylic acids is 1. The number of ether oxygens (including phenoxy) is 1. The van der Waals surface area contributed by atoms with Gasteiger partial charge in [-0.05, 0) is 30.1 Å². The van der Waals surface area contributed by atoms with Crippen LogP contribution in [0.25, 0.3) is 0 Å². The zero-order valence-corrected chi connectivity index (χ0v) is 15.2. The van der Waals surface area contributed by atoms with E-state index in [1.54, 1.807) is 6.07 Å². The lowest BCUT2D eigenvalue weighted by Gasteiger charge is -2.33. The summed E-state index contributed by atoms with van der Waals surface area (Å²) in [5.41, 5.74) is 0.203. The number of carboxylic acids is 1. The first kappa shape index (κ1) is 19.1. The number of nitro benzene ring substituents is 1. The summed E-state index contributed by atoms with van der Waals surface area (Å²) >= 11 is 0. The maximum atomic E-state index is 11.3. The van der Waals surface area contributed by atoms with Crippen molar-refractivity contribution in [3.8, 4) is 5.75 Å². The highest BCUT2D eigenvalue weighted by Gasteiger charge is 2.30. The molecule has 0 unspecified atom stereocenters. The fraction of sp³-hybridized carbons (Fsp3) is 0.533. The Morgan fingerprint density at radius 3 is 2.43 bits per heavy atom. The minimum Gasteiger partial charge on any atom is -0.479 e. The molecule has 0 aliphatic rings. The van der Waals surface area contributed by atoms with E-state index in [0.717, 1.165) is 0 Å². The van der Waals surface area contributed by atoms with Crippen LogP contribution in [0.4, 0.5) is 5.69 Å². The van der Waals surface area contributed by atoms with Crippen LogP contribution in [-0.4, -0.2) is 31.6 Å². The topological polar surface area (TPSA) is 98.9 Å². The fourth-order valence-corrected chi connectivity index (χ4v) is 3.27. The number of nitro groups is 1. The molecule has 0 bridgehead atoms. The molecule has 0 radical (unpaired) electrons. The summed E-state index contributed by atoms with van der Waals surface area (Å²) in [5, 5.41) is 19.9. The Balaban J connectivity index is 3.23. The van der Waals surface area contributed by atoms with Gasteiger partial charge in [0.05, 0.1) is 11.0 Å². The van der Waals surface area contributed by atoms with E-state index in [9.17, 15) is 14.9 Å². The first-order chi connectivity index (χ1) is 10.5. The first-order valence-electron chi connectivity index (χ1n) is 7.30. The van der Waals surface area contributed by atoms with Crippen LogP contribution >= 0.6 is 0 Å². The Hall–Kier alpha value is -1.93. The van der Waals surface area contributed by atoms with Gasteiger partial charge >= 0.3 is 11.7 Å². The molecule has 0 aliphatic heterocycles. The maximum absolute atomic E-state index is 11.3. The molecular weight excluding hydrogens is 318 g/mol. The minimum atomic E-state index is -1.36. The lowest BCUT2D eigenvalue weighted by Crippen LogP contribution is -2.26. The van der Waals surface area contributed by atoms with Crippen molar-refractivity contribution in [1.29, 1.82) is 0 Å². The number of hydrogen-bond acceptors (Lipinski definition) is 5. The molecule has 1 rings (SSSR count). The number of carboxylic acid groups (broad SMARTS) is 1. The third kappa shape index (κ3) is 5.64. The minimum absolute atomic E-state index is 0.0596. The molecule has 7 nitrogen and oxygen atoms in total. The van der Waals surface area contributed by atoms with Crippen LogP contribution in [-0.2, 0) is 9.22 Å². The molecule has 1 aromatic carbocycles. The Bertz CT molecular complexity index is 582. The van der Waals surface area contributed by atoms with Crippen molar-refractivity contribution in [2.75, 3.05) is 6.61 Å². The molecule has 128 valence electrons. The average molecular weight is 341 g/mol. The number of hydrogen-bond donors (Lipinski definition) is 1. The van der Waals surface area contributed by atoms with E-state index in [1.165, 1.54) is 12.1 Å². The molecular formula is C15H23NO6Si. The van der Waals surface area contributed by atoms with Crippen LogP contribution in [0.3, 0.4) is 0 Å². The Morgan fingerprint density at radius 1 is 1.39 bits per heavy atom. The Labute approximate surface area is 137 Å². The molecule has 0 heterocycles. The van der Waals surface area contributed by atoms with Gasteiger partial charge in [-0.3, -0.25) is 10.1 Å². The van der Waals surface area contributed by atoms with Crippen molar-refractivity contribution in [1.82, 2.24) is 0 Å². The Morgan fingerprint density at radius 2 is 2.00 bits per heavy atom. The standard InChI is InChI=1S/C15H23NO6Si/c1-15(2,3)14(22-23(4)5)10-6-7-12(21-9-13(17)18)11(8-10)16(19)20/h6-8,14,23H,9H2,1-5H3,(H,17,18)/t14-/m1/s1. The molecule has 0 fully saturated rings. The second-order valence-electron chi connectivity index (χ2n) is 6.60. The molecule has 0 saturated carbocycles. The second kappa shape index (κ2) is 7.56. The highest BCUT2D eigenvalue weighted by atomic mass is 28.3. The largest absolute Gasteiger partial charge is 0.479 e. The predicted molar refractivity (Wildman–Crippen MR) is 88.4 cm³/mol. The Kier molecular flexibility index (Phi) is 6.28. The normalized spacial score (nSPS) is 13.0. The zero-order chi connectivity index (χ0) is 17.8. The van der Waals surface area contributed by atoms with Crippen LogP contribution < -0.4 is 4.74 Å². The molecule has 8 heteroatoms. The number of rotatable bonds is 7. The SMILES string of the molecule is C[SiH](C)O[C@H](c1ccc(OCC(=O)O)c([N+](=O)[O-])c1)C(C)(C)C.